The summed E-state index contributed by atoms with van der Waals surface area (Å²) in [7, 11) is 0. The minimum Gasteiger partial charge on any atom is -0.135 e. The van der Waals surface area contributed by atoms with Gasteiger partial charge in [-0.15, -0.1) is 11.3 Å². The molecule has 7 aromatic carbocycles. The molecule has 202 valence electrons. The van der Waals surface area contributed by atoms with Crippen LogP contribution in [0.4, 0.5) is 0 Å². The average molecular weight is 565 g/mol. The van der Waals surface area contributed by atoms with E-state index < -0.39 is 0 Å². The summed E-state index contributed by atoms with van der Waals surface area (Å²) in [6, 6.07) is 57.2. The summed E-state index contributed by atoms with van der Waals surface area (Å²) in [6.45, 7) is 0. The van der Waals surface area contributed by atoms with Gasteiger partial charge in [-0.05, 0) is 84.4 Å². The maximum atomic E-state index is 2.34. The number of benzene rings is 7. The van der Waals surface area contributed by atoms with Crippen LogP contribution in [0.15, 0.2) is 158 Å². The number of rotatable bonds is 5. The topological polar surface area (TPSA) is 0 Å². The average Bonchev–Trinajstić information content (AvgIpc) is 3.56. The summed E-state index contributed by atoms with van der Waals surface area (Å²) < 4.78 is 0. The fourth-order valence-electron chi connectivity index (χ4n) is 6.23. The van der Waals surface area contributed by atoms with Crippen molar-refractivity contribution in [2.24, 2.45) is 0 Å². The van der Waals surface area contributed by atoms with E-state index in [1.165, 1.54) is 75.5 Å². The first-order chi connectivity index (χ1) is 21.3. The van der Waals surface area contributed by atoms with Crippen LogP contribution in [0.25, 0.3) is 76.5 Å². The Morgan fingerprint density at radius 3 is 1.67 bits per heavy atom. The fourth-order valence-corrected chi connectivity index (χ4v) is 7.31. The molecule has 1 heteroatoms. The third kappa shape index (κ3) is 4.74. The normalized spacial score (nSPS) is 11.6. The predicted octanol–water partition coefficient (Wildman–Crippen LogP) is 12.4. The van der Waals surface area contributed by atoms with Gasteiger partial charge in [0.1, 0.15) is 0 Å². The highest BCUT2D eigenvalue weighted by molar-refractivity contribution is 7.19. The molecule has 0 amide bonds. The van der Waals surface area contributed by atoms with E-state index in [0.29, 0.717) is 0 Å². The van der Waals surface area contributed by atoms with Gasteiger partial charge in [0.2, 0.25) is 0 Å². The van der Waals surface area contributed by atoms with Crippen LogP contribution in [0, 0.1) is 0 Å². The maximum Gasteiger partial charge on any atom is 0.0361 e. The fraction of sp³-hybridized carbons (Fsp3) is 0. The third-order valence-electron chi connectivity index (χ3n) is 8.26. The highest BCUT2D eigenvalue weighted by Gasteiger charge is 2.18. The Morgan fingerprint density at radius 1 is 0.349 bits per heavy atom. The lowest BCUT2D eigenvalue weighted by atomic mass is 9.87. The minimum atomic E-state index is 1.20. The highest BCUT2D eigenvalue weighted by Crippen LogP contribution is 2.46. The van der Waals surface area contributed by atoms with E-state index in [0.717, 1.165) is 0 Å². The lowest BCUT2D eigenvalue weighted by Crippen LogP contribution is -1.89. The molecule has 0 nitrogen and oxygen atoms in total. The van der Waals surface area contributed by atoms with E-state index in [1.807, 2.05) is 11.3 Å². The molecule has 0 radical (unpaired) electrons. The van der Waals surface area contributed by atoms with E-state index in [4.69, 9.17) is 0 Å². The second kappa shape index (κ2) is 10.9. The van der Waals surface area contributed by atoms with Gasteiger partial charge < -0.3 is 0 Å². The van der Waals surface area contributed by atoms with Crippen LogP contribution in [0.5, 0.6) is 0 Å². The summed E-state index contributed by atoms with van der Waals surface area (Å²) >= 11 is 1.87. The largest absolute Gasteiger partial charge is 0.135 e. The SMILES string of the molecule is C(=C\c1cccc(-c2ccc(-c3c4ccccc4c(-c4ccc5ccccc5c4)c4ccccc34)s2)c1)/c1ccccc1. The molecule has 0 spiro atoms. The van der Waals surface area contributed by atoms with Gasteiger partial charge in [0.25, 0.3) is 0 Å². The van der Waals surface area contributed by atoms with Crippen LogP contribution >= 0.6 is 11.3 Å². The Kier molecular flexibility index (Phi) is 6.44. The van der Waals surface area contributed by atoms with Gasteiger partial charge in [-0.25, -0.2) is 0 Å². The molecule has 1 aromatic heterocycles. The first-order valence-corrected chi connectivity index (χ1v) is 15.5. The summed E-state index contributed by atoms with van der Waals surface area (Å²) in [6.07, 6.45) is 4.37. The molecular formula is C42H28S. The molecule has 0 aliphatic carbocycles. The smallest absolute Gasteiger partial charge is 0.0361 e. The van der Waals surface area contributed by atoms with E-state index in [2.05, 4.69) is 170 Å². The first-order valence-electron chi connectivity index (χ1n) is 14.7. The van der Waals surface area contributed by atoms with Gasteiger partial charge in [0.05, 0.1) is 0 Å². The van der Waals surface area contributed by atoms with E-state index in [1.54, 1.807) is 0 Å². The van der Waals surface area contributed by atoms with Crippen molar-refractivity contribution in [1.82, 2.24) is 0 Å². The molecule has 43 heavy (non-hydrogen) atoms. The number of hydrogen-bond acceptors (Lipinski definition) is 1. The molecular weight excluding hydrogens is 537 g/mol. The zero-order chi connectivity index (χ0) is 28.6. The van der Waals surface area contributed by atoms with Gasteiger partial charge in [0.15, 0.2) is 0 Å². The lowest BCUT2D eigenvalue weighted by Gasteiger charge is -2.17. The van der Waals surface area contributed by atoms with Gasteiger partial charge in [-0.3, -0.25) is 0 Å². The van der Waals surface area contributed by atoms with E-state index >= 15 is 0 Å². The van der Waals surface area contributed by atoms with Crippen LogP contribution in [0.2, 0.25) is 0 Å². The van der Waals surface area contributed by atoms with Crippen molar-refractivity contribution in [2.75, 3.05) is 0 Å². The van der Waals surface area contributed by atoms with Gasteiger partial charge >= 0.3 is 0 Å². The Morgan fingerprint density at radius 2 is 0.930 bits per heavy atom. The van der Waals surface area contributed by atoms with Gasteiger partial charge in [-0.1, -0.05) is 146 Å². The zero-order valence-electron chi connectivity index (χ0n) is 23.6. The molecule has 0 atom stereocenters. The Hall–Kier alpha value is -5.24. The predicted molar refractivity (Wildman–Crippen MR) is 189 cm³/mol. The van der Waals surface area contributed by atoms with Crippen molar-refractivity contribution in [3.05, 3.63) is 169 Å². The van der Waals surface area contributed by atoms with Gasteiger partial charge in [0, 0.05) is 15.3 Å². The monoisotopic (exact) mass is 564 g/mol. The summed E-state index contributed by atoms with van der Waals surface area (Å²) in [4.78, 5) is 2.56. The summed E-state index contributed by atoms with van der Waals surface area (Å²) in [5.41, 5.74) is 7.52. The standard InChI is InChI=1S/C42H28S/c1-2-11-29(12-3-1)21-22-30-13-10-16-33(27-30)39-25-26-40(43-39)42-37-19-8-6-17-35(37)41(36-18-7-9-20-38(36)42)34-24-23-31-14-4-5-15-32(31)28-34/h1-28H/b22-21+. The van der Waals surface area contributed by atoms with Crippen molar-refractivity contribution < 1.29 is 0 Å². The van der Waals surface area contributed by atoms with Crippen molar-refractivity contribution in [3.63, 3.8) is 0 Å². The molecule has 0 unspecified atom stereocenters. The molecule has 0 fully saturated rings. The number of thiophene rings is 1. The van der Waals surface area contributed by atoms with Crippen molar-refractivity contribution in [1.29, 1.82) is 0 Å². The Balaban J connectivity index is 1.27. The highest BCUT2D eigenvalue weighted by atomic mass is 32.1. The van der Waals surface area contributed by atoms with Crippen LogP contribution in [-0.2, 0) is 0 Å². The van der Waals surface area contributed by atoms with E-state index in [9.17, 15) is 0 Å². The second-order valence-electron chi connectivity index (χ2n) is 10.9. The van der Waals surface area contributed by atoms with Crippen LogP contribution in [0.3, 0.4) is 0 Å². The second-order valence-corrected chi connectivity index (χ2v) is 12.0. The Labute approximate surface area is 255 Å². The molecule has 0 aliphatic heterocycles. The van der Waals surface area contributed by atoms with Crippen molar-refractivity contribution in [3.8, 4) is 32.0 Å². The Bertz CT molecular complexity index is 2230. The van der Waals surface area contributed by atoms with Crippen LogP contribution in [0.1, 0.15) is 11.1 Å². The van der Waals surface area contributed by atoms with Crippen molar-refractivity contribution >= 4 is 55.8 Å². The van der Waals surface area contributed by atoms with Crippen molar-refractivity contribution in [2.45, 2.75) is 0 Å². The molecule has 0 bridgehead atoms. The molecule has 8 rings (SSSR count). The maximum absolute atomic E-state index is 2.34. The lowest BCUT2D eigenvalue weighted by molar-refractivity contribution is 1.64. The molecule has 1 heterocycles. The number of hydrogen-bond donors (Lipinski definition) is 0. The first kappa shape index (κ1) is 25.5. The molecule has 0 saturated carbocycles. The molecule has 8 aromatic rings. The molecule has 0 saturated heterocycles. The molecule has 0 aliphatic rings. The summed E-state index contributed by atoms with van der Waals surface area (Å²) in [5.74, 6) is 0. The van der Waals surface area contributed by atoms with Crippen LogP contribution in [-0.4, -0.2) is 0 Å². The quantitative estimate of drug-likeness (QED) is 0.144. The van der Waals surface area contributed by atoms with Crippen LogP contribution < -0.4 is 0 Å². The van der Waals surface area contributed by atoms with Gasteiger partial charge in [-0.2, -0.15) is 0 Å². The number of fused-ring (bicyclic) bond motifs is 3. The minimum absolute atomic E-state index is 1.20. The van der Waals surface area contributed by atoms with E-state index in [-0.39, 0.29) is 0 Å². The molecule has 0 N–H and O–H groups in total. The summed E-state index contributed by atoms with van der Waals surface area (Å²) in [5, 5.41) is 7.68. The zero-order valence-corrected chi connectivity index (χ0v) is 24.4. The third-order valence-corrected chi connectivity index (χ3v) is 9.41.